The third kappa shape index (κ3) is 4.46. The summed E-state index contributed by atoms with van der Waals surface area (Å²) < 4.78 is 1.13. The van der Waals surface area contributed by atoms with Gasteiger partial charge in [-0.2, -0.15) is 0 Å². The summed E-state index contributed by atoms with van der Waals surface area (Å²) in [4.78, 5) is 12.0. The smallest absolute Gasteiger partial charge is 0.248 e. The van der Waals surface area contributed by atoms with Crippen molar-refractivity contribution in [3.8, 4) is 0 Å². The van der Waals surface area contributed by atoms with Crippen LogP contribution in [0.4, 0.5) is 5.69 Å². The standard InChI is InChI=1S/C16H12Cl2INO/c1-10-9-11(19)5-7-15(10)20-16(21)8-6-12-13(17)3-2-4-14(12)18/h2-9H,1H3,(H,20,21). The van der Waals surface area contributed by atoms with Crippen LogP contribution in [-0.4, -0.2) is 5.91 Å². The lowest BCUT2D eigenvalue weighted by atomic mass is 10.2. The molecule has 1 amide bonds. The molecule has 0 saturated carbocycles. The Hall–Kier alpha value is -1.04. The van der Waals surface area contributed by atoms with Crippen molar-refractivity contribution in [2.75, 3.05) is 5.32 Å². The fourth-order valence-corrected chi connectivity index (χ4v) is 2.94. The minimum Gasteiger partial charge on any atom is -0.322 e. The van der Waals surface area contributed by atoms with Gasteiger partial charge in [0.25, 0.3) is 0 Å². The number of carbonyl (C=O) groups is 1. The van der Waals surface area contributed by atoms with Gasteiger partial charge in [-0.05, 0) is 71.5 Å². The number of amides is 1. The number of carbonyl (C=O) groups excluding carboxylic acids is 1. The van der Waals surface area contributed by atoms with Crippen LogP contribution >= 0.6 is 45.8 Å². The van der Waals surface area contributed by atoms with Crippen molar-refractivity contribution in [3.63, 3.8) is 0 Å². The lowest BCUT2D eigenvalue weighted by molar-refractivity contribution is -0.111. The molecule has 0 bridgehead atoms. The third-order valence-electron chi connectivity index (χ3n) is 2.85. The van der Waals surface area contributed by atoms with Crippen molar-refractivity contribution in [3.05, 3.63) is 67.2 Å². The molecule has 0 heterocycles. The van der Waals surface area contributed by atoms with Crippen LogP contribution in [0.15, 0.2) is 42.5 Å². The number of hydrogen-bond acceptors (Lipinski definition) is 1. The number of aryl methyl sites for hydroxylation is 1. The van der Waals surface area contributed by atoms with Crippen molar-refractivity contribution >= 4 is 63.5 Å². The molecule has 2 aromatic rings. The zero-order chi connectivity index (χ0) is 15.4. The summed E-state index contributed by atoms with van der Waals surface area (Å²) in [6.07, 6.45) is 3.03. The van der Waals surface area contributed by atoms with Crippen LogP contribution in [0, 0.1) is 10.5 Å². The molecule has 0 atom stereocenters. The average molecular weight is 432 g/mol. The minimum absolute atomic E-state index is 0.227. The van der Waals surface area contributed by atoms with Crippen LogP contribution in [-0.2, 0) is 4.79 Å². The van der Waals surface area contributed by atoms with E-state index in [1.165, 1.54) is 6.08 Å². The highest BCUT2D eigenvalue weighted by atomic mass is 127. The molecule has 0 aliphatic heterocycles. The molecule has 0 fully saturated rings. The van der Waals surface area contributed by atoms with Crippen molar-refractivity contribution in [2.24, 2.45) is 0 Å². The molecule has 0 radical (unpaired) electrons. The quantitative estimate of drug-likeness (QED) is 0.500. The highest BCUT2D eigenvalue weighted by molar-refractivity contribution is 14.1. The number of halogens is 3. The van der Waals surface area contributed by atoms with Crippen LogP contribution < -0.4 is 5.32 Å². The fraction of sp³-hybridized carbons (Fsp3) is 0.0625. The van der Waals surface area contributed by atoms with Gasteiger partial charge in [0, 0.05) is 30.9 Å². The number of hydrogen-bond donors (Lipinski definition) is 1. The van der Waals surface area contributed by atoms with Crippen LogP contribution in [0.25, 0.3) is 6.08 Å². The summed E-state index contributed by atoms with van der Waals surface area (Å²) in [6, 6.07) is 11.0. The molecule has 0 aliphatic carbocycles. The predicted octanol–water partition coefficient (Wildman–Crippen LogP) is 5.56. The predicted molar refractivity (Wildman–Crippen MR) is 98.0 cm³/mol. The van der Waals surface area contributed by atoms with E-state index in [9.17, 15) is 4.79 Å². The van der Waals surface area contributed by atoms with Gasteiger partial charge in [-0.25, -0.2) is 0 Å². The lowest BCUT2D eigenvalue weighted by Gasteiger charge is -2.07. The van der Waals surface area contributed by atoms with Gasteiger partial charge < -0.3 is 5.32 Å². The van der Waals surface area contributed by atoms with Crippen molar-refractivity contribution in [2.45, 2.75) is 6.92 Å². The Bertz CT molecular complexity index is 693. The Kier molecular flexibility index (Phi) is 5.67. The fourth-order valence-electron chi connectivity index (χ4n) is 1.77. The Morgan fingerprint density at radius 2 is 1.86 bits per heavy atom. The first kappa shape index (κ1) is 16.3. The van der Waals surface area contributed by atoms with Crippen LogP contribution in [0.5, 0.6) is 0 Å². The molecule has 108 valence electrons. The van der Waals surface area contributed by atoms with Gasteiger partial charge in [-0.3, -0.25) is 4.79 Å². The average Bonchev–Trinajstić information content (AvgIpc) is 2.41. The maximum absolute atomic E-state index is 12.0. The van der Waals surface area contributed by atoms with E-state index in [4.69, 9.17) is 23.2 Å². The number of anilines is 1. The van der Waals surface area contributed by atoms with E-state index in [0.29, 0.717) is 15.6 Å². The van der Waals surface area contributed by atoms with E-state index in [1.807, 2.05) is 25.1 Å². The summed E-state index contributed by atoms with van der Waals surface area (Å²) in [6.45, 7) is 1.95. The van der Waals surface area contributed by atoms with Crippen LogP contribution in [0.2, 0.25) is 10.0 Å². The molecule has 5 heteroatoms. The third-order valence-corrected chi connectivity index (χ3v) is 4.18. The molecule has 0 spiro atoms. The van der Waals surface area contributed by atoms with Gasteiger partial charge in [0.2, 0.25) is 5.91 Å². The first-order valence-electron chi connectivity index (χ1n) is 6.16. The molecular formula is C16H12Cl2INO. The van der Waals surface area contributed by atoms with Crippen molar-refractivity contribution in [1.29, 1.82) is 0 Å². The molecule has 2 aromatic carbocycles. The number of nitrogens with one attached hydrogen (secondary N) is 1. The zero-order valence-corrected chi connectivity index (χ0v) is 14.8. The molecular weight excluding hydrogens is 420 g/mol. The first-order chi connectivity index (χ1) is 9.97. The van der Waals surface area contributed by atoms with Gasteiger partial charge in [-0.1, -0.05) is 29.3 Å². The second kappa shape index (κ2) is 7.29. The van der Waals surface area contributed by atoms with Gasteiger partial charge in [0.05, 0.1) is 0 Å². The summed E-state index contributed by atoms with van der Waals surface area (Å²) in [5.74, 6) is -0.227. The van der Waals surface area contributed by atoms with Crippen molar-refractivity contribution < 1.29 is 4.79 Å². The summed E-state index contributed by atoms with van der Waals surface area (Å²) in [5, 5.41) is 3.85. The van der Waals surface area contributed by atoms with Crippen molar-refractivity contribution in [1.82, 2.24) is 0 Å². The molecule has 2 nitrogen and oxygen atoms in total. The lowest BCUT2D eigenvalue weighted by Crippen LogP contribution is -2.09. The Morgan fingerprint density at radius 1 is 1.19 bits per heavy atom. The monoisotopic (exact) mass is 431 g/mol. The van der Waals surface area contributed by atoms with E-state index in [2.05, 4.69) is 27.9 Å². The molecule has 0 unspecified atom stereocenters. The normalized spacial score (nSPS) is 10.9. The highest BCUT2D eigenvalue weighted by Crippen LogP contribution is 2.25. The summed E-state index contributed by atoms with van der Waals surface area (Å²) in [5.41, 5.74) is 2.44. The van der Waals surface area contributed by atoms with Gasteiger partial charge in [0.15, 0.2) is 0 Å². The Labute approximate surface area is 147 Å². The van der Waals surface area contributed by atoms with Gasteiger partial charge in [-0.15, -0.1) is 0 Å². The summed E-state index contributed by atoms with van der Waals surface area (Å²) in [7, 11) is 0. The maximum Gasteiger partial charge on any atom is 0.248 e. The maximum atomic E-state index is 12.0. The van der Waals surface area contributed by atoms with E-state index in [0.717, 1.165) is 14.8 Å². The minimum atomic E-state index is -0.227. The first-order valence-corrected chi connectivity index (χ1v) is 8.00. The molecule has 0 saturated heterocycles. The highest BCUT2D eigenvalue weighted by Gasteiger charge is 2.04. The number of rotatable bonds is 3. The number of benzene rings is 2. The second-order valence-corrected chi connectivity index (χ2v) is 6.48. The molecule has 0 aliphatic rings. The largest absolute Gasteiger partial charge is 0.322 e. The SMILES string of the molecule is Cc1cc(I)ccc1NC(=O)C=Cc1c(Cl)cccc1Cl. The van der Waals surface area contributed by atoms with E-state index >= 15 is 0 Å². The summed E-state index contributed by atoms with van der Waals surface area (Å²) >= 11 is 14.3. The molecule has 21 heavy (non-hydrogen) atoms. The topological polar surface area (TPSA) is 29.1 Å². The van der Waals surface area contributed by atoms with E-state index in [-0.39, 0.29) is 5.91 Å². The van der Waals surface area contributed by atoms with Gasteiger partial charge >= 0.3 is 0 Å². The second-order valence-electron chi connectivity index (χ2n) is 4.42. The molecule has 0 aromatic heterocycles. The Balaban J connectivity index is 2.13. The van der Waals surface area contributed by atoms with E-state index in [1.54, 1.807) is 24.3 Å². The zero-order valence-electron chi connectivity index (χ0n) is 11.2. The molecule has 1 N–H and O–H groups in total. The Morgan fingerprint density at radius 3 is 2.48 bits per heavy atom. The van der Waals surface area contributed by atoms with Crippen LogP contribution in [0.1, 0.15) is 11.1 Å². The molecule has 2 rings (SSSR count). The van der Waals surface area contributed by atoms with E-state index < -0.39 is 0 Å². The van der Waals surface area contributed by atoms with Crippen LogP contribution in [0.3, 0.4) is 0 Å². The van der Waals surface area contributed by atoms with Gasteiger partial charge in [0.1, 0.15) is 0 Å².